The predicted octanol–water partition coefficient (Wildman–Crippen LogP) is 3.85. The Morgan fingerprint density at radius 1 is 1.25 bits per heavy atom. The number of fused-ring (bicyclic) bond motifs is 1. The quantitative estimate of drug-likeness (QED) is 0.639. The number of hydrogen-bond donors (Lipinski definition) is 1. The fourth-order valence-corrected chi connectivity index (χ4v) is 4.35. The average Bonchev–Trinajstić information content (AvgIpc) is 3.23. The highest BCUT2D eigenvalue weighted by molar-refractivity contribution is 6.31. The van der Waals surface area contributed by atoms with Gasteiger partial charge in [-0.3, -0.25) is 9.48 Å². The molecular formula is C24H24ClN5O2. The van der Waals surface area contributed by atoms with Crippen LogP contribution in [0.1, 0.15) is 40.1 Å². The molecule has 2 aromatic carbocycles. The van der Waals surface area contributed by atoms with Crippen molar-refractivity contribution in [2.24, 2.45) is 0 Å². The second kappa shape index (κ2) is 8.65. The Hall–Kier alpha value is -3.34. The zero-order chi connectivity index (χ0) is 23.0. The van der Waals surface area contributed by atoms with Gasteiger partial charge < -0.3 is 14.9 Å². The molecule has 3 aromatic rings. The van der Waals surface area contributed by atoms with Crippen molar-refractivity contribution in [1.82, 2.24) is 14.7 Å². The third-order valence-corrected chi connectivity index (χ3v) is 5.89. The second-order valence-corrected chi connectivity index (χ2v) is 8.65. The van der Waals surface area contributed by atoms with Crippen LogP contribution in [-0.2, 0) is 13.2 Å². The molecule has 0 saturated carbocycles. The van der Waals surface area contributed by atoms with Crippen LogP contribution in [0.15, 0.2) is 42.5 Å². The SMILES string of the molecule is CC1CN(Cc2ccc(C#N)cc2)C(=O)c2cc(-c3c(CO)cc(Cl)cc3N(C)C)nn21. The van der Waals surface area contributed by atoms with Crippen molar-refractivity contribution in [1.29, 1.82) is 5.26 Å². The lowest BCUT2D eigenvalue weighted by molar-refractivity contribution is 0.0651. The monoisotopic (exact) mass is 449 g/mol. The number of carbonyl (C=O) groups excluding carboxylic acids is 1. The molecule has 1 aromatic heterocycles. The molecule has 1 aliphatic rings. The van der Waals surface area contributed by atoms with E-state index in [0.717, 1.165) is 16.8 Å². The molecule has 164 valence electrons. The van der Waals surface area contributed by atoms with Gasteiger partial charge in [0, 0.05) is 43.5 Å². The summed E-state index contributed by atoms with van der Waals surface area (Å²) in [6.45, 7) is 2.83. The third-order valence-electron chi connectivity index (χ3n) is 5.67. The summed E-state index contributed by atoms with van der Waals surface area (Å²) in [7, 11) is 3.80. The number of aliphatic hydroxyl groups excluding tert-OH is 1. The lowest BCUT2D eigenvalue weighted by Crippen LogP contribution is -2.41. The predicted molar refractivity (Wildman–Crippen MR) is 124 cm³/mol. The van der Waals surface area contributed by atoms with Gasteiger partial charge in [-0.25, -0.2) is 0 Å². The van der Waals surface area contributed by atoms with Gasteiger partial charge in [-0.1, -0.05) is 23.7 Å². The van der Waals surface area contributed by atoms with E-state index >= 15 is 0 Å². The van der Waals surface area contributed by atoms with Crippen molar-refractivity contribution in [3.8, 4) is 17.3 Å². The minimum atomic E-state index is -0.187. The number of rotatable bonds is 5. The molecule has 1 amide bonds. The minimum Gasteiger partial charge on any atom is -0.392 e. The molecule has 2 heterocycles. The maximum Gasteiger partial charge on any atom is 0.272 e. The first-order valence-electron chi connectivity index (χ1n) is 10.3. The van der Waals surface area contributed by atoms with E-state index in [9.17, 15) is 9.90 Å². The molecule has 0 aliphatic carbocycles. The van der Waals surface area contributed by atoms with Gasteiger partial charge in [0.15, 0.2) is 0 Å². The molecule has 0 radical (unpaired) electrons. The Morgan fingerprint density at radius 2 is 1.97 bits per heavy atom. The summed E-state index contributed by atoms with van der Waals surface area (Å²) in [4.78, 5) is 17.0. The Bertz CT molecular complexity index is 1210. The molecule has 0 fully saturated rings. The number of carbonyl (C=O) groups is 1. The summed E-state index contributed by atoms with van der Waals surface area (Å²) in [6.07, 6.45) is 0. The number of halogens is 1. The van der Waals surface area contributed by atoms with Crippen molar-refractivity contribution in [3.63, 3.8) is 0 Å². The van der Waals surface area contributed by atoms with Crippen LogP contribution < -0.4 is 4.90 Å². The highest BCUT2D eigenvalue weighted by atomic mass is 35.5. The largest absolute Gasteiger partial charge is 0.392 e. The van der Waals surface area contributed by atoms with E-state index in [1.807, 2.05) is 44.1 Å². The Kier molecular flexibility index (Phi) is 5.92. The Morgan fingerprint density at radius 3 is 2.59 bits per heavy atom. The maximum atomic E-state index is 13.3. The number of benzene rings is 2. The third kappa shape index (κ3) is 3.95. The molecular weight excluding hydrogens is 426 g/mol. The lowest BCUT2D eigenvalue weighted by atomic mass is 10.0. The normalized spacial score (nSPS) is 15.4. The smallest absolute Gasteiger partial charge is 0.272 e. The summed E-state index contributed by atoms with van der Waals surface area (Å²) >= 11 is 6.25. The number of aromatic nitrogens is 2. The van der Waals surface area contributed by atoms with Crippen LogP contribution in [0.4, 0.5) is 5.69 Å². The first kappa shape index (κ1) is 21.9. The maximum absolute atomic E-state index is 13.3. The molecule has 32 heavy (non-hydrogen) atoms. The van der Waals surface area contributed by atoms with Gasteiger partial charge >= 0.3 is 0 Å². The highest BCUT2D eigenvalue weighted by Gasteiger charge is 2.32. The van der Waals surface area contributed by atoms with Gasteiger partial charge in [0.2, 0.25) is 0 Å². The Balaban J connectivity index is 1.71. The number of aliphatic hydroxyl groups is 1. The summed E-state index contributed by atoms with van der Waals surface area (Å²) in [5.41, 5.74) is 4.95. The molecule has 4 rings (SSSR count). The van der Waals surface area contributed by atoms with E-state index in [4.69, 9.17) is 22.0 Å². The standard InChI is InChI=1S/C24H24ClN5O2/c1-15-12-29(13-17-6-4-16(11-26)5-7-17)24(32)22-10-20(27-30(15)22)23-18(14-31)8-19(25)9-21(23)28(2)3/h4-10,15,31H,12-14H2,1-3H3. The van der Waals surface area contributed by atoms with Crippen molar-refractivity contribution in [2.75, 3.05) is 25.5 Å². The number of anilines is 1. The average molecular weight is 450 g/mol. The summed E-state index contributed by atoms with van der Waals surface area (Å²) in [5, 5.41) is 24.2. The number of hydrogen-bond acceptors (Lipinski definition) is 5. The van der Waals surface area contributed by atoms with Crippen LogP contribution in [0.5, 0.6) is 0 Å². The van der Waals surface area contributed by atoms with Crippen LogP contribution in [0.3, 0.4) is 0 Å². The molecule has 0 bridgehead atoms. The number of nitriles is 1. The van der Waals surface area contributed by atoms with E-state index in [0.29, 0.717) is 40.6 Å². The molecule has 0 saturated heterocycles. The summed E-state index contributed by atoms with van der Waals surface area (Å²) < 4.78 is 1.77. The topological polar surface area (TPSA) is 85.4 Å². The second-order valence-electron chi connectivity index (χ2n) is 8.21. The molecule has 1 N–H and O–H groups in total. The van der Waals surface area contributed by atoms with E-state index in [1.54, 1.807) is 33.8 Å². The fraction of sp³-hybridized carbons (Fsp3) is 0.292. The van der Waals surface area contributed by atoms with E-state index in [-0.39, 0.29) is 18.6 Å². The first-order valence-corrected chi connectivity index (χ1v) is 10.7. The molecule has 8 heteroatoms. The van der Waals surface area contributed by atoms with Gasteiger partial charge in [0.25, 0.3) is 5.91 Å². The van der Waals surface area contributed by atoms with Crippen molar-refractivity contribution in [3.05, 3.63) is 69.9 Å². The molecule has 0 spiro atoms. The fourth-order valence-electron chi connectivity index (χ4n) is 4.12. The van der Waals surface area contributed by atoms with Crippen molar-refractivity contribution in [2.45, 2.75) is 26.1 Å². The van der Waals surface area contributed by atoms with E-state index in [1.165, 1.54) is 0 Å². The van der Waals surface area contributed by atoms with Gasteiger partial charge in [-0.2, -0.15) is 10.4 Å². The van der Waals surface area contributed by atoms with Gasteiger partial charge in [-0.15, -0.1) is 0 Å². The van der Waals surface area contributed by atoms with E-state index < -0.39 is 0 Å². The number of amides is 1. The molecule has 1 aliphatic heterocycles. The zero-order valence-corrected chi connectivity index (χ0v) is 19.0. The lowest BCUT2D eigenvalue weighted by Gasteiger charge is -2.31. The van der Waals surface area contributed by atoms with Crippen LogP contribution in [0, 0.1) is 11.3 Å². The first-order chi connectivity index (χ1) is 15.3. The highest BCUT2D eigenvalue weighted by Crippen LogP contribution is 2.37. The Labute approximate surface area is 192 Å². The van der Waals surface area contributed by atoms with Crippen molar-refractivity contribution < 1.29 is 9.90 Å². The van der Waals surface area contributed by atoms with Crippen LogP contribution >= 0.6 is 11.6 Å². The van der Waals surface area contributed by atoms with Gasteiger partial charge in [0.05, 0.1) is 30.0 Å². The molecule has 7 nitrogen and oxygen atoms in total. The van der Waals surface area contributed by atoms with Crippen LogP contribution in [0.25, 0.3) is 11.3 Å². The zero-order valence-electron chi connectivity index (χ0n) is 18.2. The van der Waals surface area contributed by atoms with Gasteiger partial charge in [0.1, 0.15) is 5.69 Å². The van der Waals surface area contributed by atoms with Crippen molar-refractivity contribution >= 4 is 23.2 Å². The summed E-state index contributed by atoms with van der Waals surface area (Å²) in [6, 6.07) is 14.7. The van der Waals surface area contributed by atoms with Crippen LogP contribution in [0.2, 0.25) is 5.02 Å². The number of nitrogens with zero attached hydrogens (tertiary/aromatic N) is 5. The van der Waals surface area contributed by atoms with Crippen LogP contribution in [-0.4, -0.2) is 46.3 Å². The van der Waals surface area contributed by atoms with E-state index in [2.05, 4.69) is 6.07 Å². The molecule has 1 unspecified atom stereocenters. The molecule has 1 atom stereocenters. The minimum absolute atomic E-state index is 0.0116. The summed E-state index contributed by atoms with van der Waals surface area (Å²) in [5.74, 6) is -0.0999. The van der Waals surface area contributed by atoms with Gasteiger partial charge in [-0.05, 0) is 48.4 Å².